The maximum atomic E-state index is 13.3. The van der Waals surface area contributed by atoms with Crippen molar-refractivity contribution in [1.29, 1.82) is 0 Å². The Hall–Kier alpha value is -2.36. The number of oxime groups is 1. The lowest BCUT2D eigenvalue weighted by molar-refractivity contribution is 0.302. The van der Waals surface area contributed by atoms with Crippen molar-refractivity contribution in [3.63, 3.8) is 0 Å². The summed E-state index contributed by atoms with van der Waals surface area (Å²) in [6.45, 7) is 6.03. The summed E-state index contributed by atoms with van der Waals surface area (Å²) in [5.74, 6) is 0.0950. The molecule has 0 bridgehead atoms. The number of nitrogens with zero attached hydrogens (tertiary/aromatic N) is 1. The maximum Gasteiger partial charge on any atom is 0.129 e. The van der Waals surface area contributed by atoms with Gasteiger partial charge in [-0.1, -0.05) is 34.5 Å². The third kappa shape index (κ3) is 3.81. The molecule has 0 saturated carbocycles. The average Bonchev–Trinajstić information content (AvgIpc) is 2.44. The van der Waals surface area contributed by atoms with Crippen LogP contribution in [0.2, 0.25) is 0 Å². The number of ether oxygens (including phenoxy) is 1. The summed E-state index contributed by atoms with van der Waals surface area (Å²) in [7, 11) is 0. The van der Waals surface area contributed by atoms with Crippen LogP contribution < -0.4 is 4.74 Å². The molecule has 2 aromatic rings. The molecule has 21 heavy (non-hydrogen) atoms. The highest BCUT2D eigenvalue weighted by molar-refractivity contribution is 6.00. The van der Waals surface area contributed by atoms with Crippen molar-refractivity contribution >= 4 is 5.71 Å². The Labute approximate surface area is 123 Å². The molecule has 0 fully saturated rings. The van der Waals surface area contributed by atoms with Gasteiger partial charge in [0.2, 0.25) is 0 Å². The molecule has 2 aromatic carbocycles. The number of hydrogen-bond acceptors (Lipinski definition) is 3. The van der Waals surface area contributed by atoms with Crippen molar-refractivity contribution in [2.24, 2.45) is 5.16 Å². The van der Waals surface area contributed by atoms with E-state index in [1.165, 1.54) is 23.3 Å². The van der Waals surface area contributed by atoms with Crippen LogP contribution in [0.5, 0.6) is 5.75 Å². The van der Waals surface area contributed by atoms with Crippen molar-refractivity contribution in [3.05, 3.63) is 64.5 Å². The minimum atomic E-state index is -0.397. The fourth-order valence-electron chi connectivity index (χ4n) is 2.28. The van der Waals surface area contributed by atoms with Crippen LogP contribution in [-0.2, 0) is 6.61 Å². The summed E-state index contributed by atoms with van der Waals surface area (Å²) in [5, 5.41) is 12.0. The van der Waals surface area contributed by atoms with E-state index in [0.29, 0.717) is 23.6 Å². The van der Waals surface area contributed by atoms with Crippen LogP contribution in [0.3, 0.4) is 0 Å². The van der Waals surface area contributed by atoms with Crippen molar-refractivity contribution in [3.8, 4) is 5.75 Å². The van der Waals surface area contributed by atoms with E-state index in [1.54, 1.807) is 13.0 Å². The van der Waals surface area contributed by atoms with Crippen molar-refractivity contribution in [1.82, 2.24) is 0 Å². The molecule has 1 N–H and O–H groups in total. The van der Waals surface area contributed by atoms with Crippen LogP contribution in [0, 0.1) is 19.7 Å². The van der Waals surface area contributed by atoms with Gasteiger partial charge in [0.25, 0.3) is 0 Å². The number of rotatable bonds is 4. The first-order chi connectivity index (χ1) is 9.99. The number of aryl methyl sites for hydroxylation is 2. The molecule has 0 aliphatic heterocycles. The zero-order chi connectivity index (χ0) is 15.4. The Morgan fingerprint density at radius 2 is 1.81 bits per heavy atom. The van der Waals surface area contributed by atoms with Gasteiger partial charge in [-0.2, -0.15) is 0 Å². The molecule has 0 unspecified atom stereocenters. The van der Waals surface area contributed by atoms with Crippen molar-refractivity contribution in [2.45, 2.75) is 27.4 Å². The van der Waals surface area contributed by atoms with Gasteiger partial charge in [-0.25, -0.2) is 4.39 Å². The van der Waals surface area contributed by atoms with Gasteiger partial charge < -0.3 is 9.94 Å². The molecule has 0 amide bonds. The Balaban J connectivity index is 2.23. The molecule has 0 spiro atoms. The standard InChI is InChI=1S/C17H18FNO2/c1-11-6-12(2)8-14(7-11)10-21-17-5-4-15(18)9-16(17)13(3)19-20/h4-9,20H,10H2,1-3H3/b19-13-. The average molecular weight is 287 g/mol. The lowest BCUT2D eigenvalue weighted by atomic mass is 10.1. The fourth-order valence-corrected chi connectivity index (χ4v) is 2.28. The number of hydrogen-bond donors (Lipinski definition) is 1. The molecule has 0 saturated heterocycles. The van der Waals surface area contributed by atoms with Gasteiger partial charge in [-0.3, -0.25) is 0 Å². The zero-order valence-corrected chi connectivity index (χ0v) is 12.4. The third-order valence-electron chi connectivity index (χ3n) is 3.16. The van der Waals surface area contributed by atoms with Crippen LogP contribution in [0.4, 0.5) is 4.39 Å². The molecule has 2 rings (SSSR count). The first-order valence-electron chi connectivity index (χ1n) is 6.68. The van der Waals surface area contributed by atoms with Crippen molar-refractivity contribution in [2.75, 3.05) is 0 Å². The normalized spacial score (nSPS) is 11.5. The fraction of sp³-hybridized carbons (Fsp3) is 0.235. The lowest BCUT2D eigenvalue weighted by Gasteiger charge is -2.12. The second-order valence-corrected chi connectivity index (χ2v) is 5.11. The van der Waals surface area contributed by atoms with E-state index < -0.39 is 5.82 Å². The summed E-state index contributed by atoms with van der Waals surface area (Å²) in [4.78, 5) is 0. The minimum Gasteiger partial charge on any atom is -0.488 e. The molecule has 0 atom stereocenters. The summed E-state index contributed by atoms with van der Waals surface area (Å²) < 4.78 is 19.1. The van der Waals surface area contributed by atoms with Gasteiger partial charge >= 0.3 is 0 Å². The molecule has 0 aliphatic carbocycles. The quantitative estimate of drug-likeness (QED) is 0.519. The molecule has 0 radical (unpaired) electrons. The summed E-state index contributed by atoms with van der Waals surface area (Å²) >= 11 is 0. The summed E-state index contributed by atoms with van der Waals surface area (Å²) in [6, 6.07) is 10.3. The first-order valence-corrected chi connectivity index (χ1v) is 6.68. The van der Waals surface area contributed by atoms with Gasteiger partial charge in [-0.05, 0) is 44.5 Å². The number of benzene rings is 2. The molecular weight excluding hydrogens is 269 g/mol. The van der Waals surface area contributed by atoms with E-state index in [9.17, 15) is 4.39 Å². The highest BCUT2D eigenvalue weighted by atomic mass is 19.1. The van der Waals surface area contributed by atoms with Crippen molar-refractivity contribution < 1.29 is 14.3 Å². The van der Waals surface area contributed by atoms with Crippen LogP contribution in [-0.4, -0.2) is 10.9 Å². The van der Waals surface area contributed by atoms with Crippen LogP contribution in [0.25, 0.3) is 0 Å². The minimum absolute atomic E-state index is 0.310. The maximum absolute atomic E-state index is 13.3. The van der Waals surface area contributed by atoms with Gasteiger partial charge in [0.05, 0.1) is 5.71 Å². The van der Waals surface area contributed by atoms with E-state index >= 15 is 0 Å². The molecule has 110 valence electrons. The molecule has 4 heteroatoms. The third-order valence-corrected chi connectivity index (χ3v) is 3.16. The highest BCUT2D eigenvalue weighted by Crippen LogP contribution is 2.22. The Kier molecular flexibility index (Phi) is 4.58. The topological polar surface area (TPSA) is 41.8 Å². The SMILES string of the molecule is C/C(=N/O)c1cc(F)ccc1OCc1cc(C)cc(C)c1. The van der Waals surface area contributed by atoms with E-state index in [0.717, 1.165) is 5.56 Å². The predicted molar refractivity (Wildman–Crippen MR) is 80.6 cm³/mol. The highest BCUT2D eigenvalue weighted by Gasteiger charge is 2.09. The molecule has 3 nitrogen and oxygen atoms in total. The second kappa shape index (κ2) is 6.39. The largest absolute Gasteiger partial charge is 0.488 e. The van der Waals surface area contributed by atoms with Gasteiger partial charge in [0, 0.05) is 5.56 Å². The smallest absolute Gasteiger partial charge is 0.129 e. The van der Waals surface area contributed by atoms with Gasteiger partial charge in [0.1, 0.15) is 18.2 Å². The Bertz CT molecular complexity index is 660. The summed E-state index contributed by atoms with van der Waals surface area (Å²) in [6.07, 6.45) is 0. The van der Waals surface area contributed by atoms with E-state index in [1.807, 2.05) is 26.0 Å². The van der Waals surface area contributed by atoms with Crippen LogP contribution >= 0.6 is 0 Å². The molecule has 0 aliphatic rings. The monoisotopic (exact) mass is 287 g/mol. The van der Waals surface area contributed by atoms with E-state index in [-0.39, 0.29) is 0 Å². The predicted octanol–water partition coefficient (Wildman–Crippen LogP) is 4.22. The van der Waals surface area contributed by atoms with Crippen LogP contribution in [0.15, 0.2) is 41.6 Å². The molecule has 0 aromatic heterocycles. The molecular formula is C17H18FNO2. The summed E-state index contributed by atoms with van der Waals surface area (Å²) in [5.41, 5.74) is 4.13. The number of halogens is 1. The zero-order valence-electron chi connectivity index (χ0n) is 12.4. The van der Waals surface area contributed by atoms with Gasteiger partial charge in [-0.15, -0.1) is 0 Å². The Morgan fingerprint density at radius 1 is 1.14 bits per heavy atom. The lowest BCUT2D eigenvalue weighted by Crippen LogP contribution is -2.03. The second-order valence-electron chi connectivity index (χ2n) is 5.11. The van der Waals surface area contributed by atoms with E-state index in [4.69, 9.17) is 9.94 Å². The first kappa shape index (κ1) is 15.0. The van der Waals surface area contributed by atoms with Crippen LogP contribution in [0.1, 0.15) is 29.2 Å². The Morgan fingerprint density at radius 3 is 2.43 bits per heavy atom. The van der Waals surface area contributed by atoms with Gasteiger partial charge in [0.15, 0.2) is 0 Å². The van der Waals surface area contributed by atoms with E-state index in [2.05, 4.69) is 11.2 Å². The molecule has 0 heterocycles.